The molecule has 21 heavy (non-hydrogen) atoms. The first-order valence-electron chi connectivity index (χ1n) is 6.18. The van der Waals surface area contributed by atoms with Crippen LogP contribution in [-0.4, -0.2) is 11.8 Å². The molecule has 0 radical (unpaired) electrons. The molecular formula is C16H9Cl2NO2. The molecule has 2 aromatic rings. The number of imide groups is 1. The van der Waals surface area contributed by atoms with Crippen LogP contribution in [0.1, 0.15) is 11.1 Å². The summed E-state index contributed by atoms with van der Waals surface area (Å²) in [5.41, 5.74) is 1.98. The number of benzene rings is 2. The molecule has 0 saturated carbocycles. The van der Waals surface area contributed by atoms with E-state index in [2.05, 4.69) is 5.32 Å². The summed E-state index contributed by atoms with van der Waals surface area (Å²) in [5.74, 6) is -0.820. The molecule has 0 atom stereocenters. The summed E-state index contributed by atoms with van der Waals surface area (Å²) < 4.78 is 0. The fourth-order valence-corrected chi connectivity index (χ4v) is 2.49. The number of hydrogen-bond donors (Lipinski definition) is 1. The van der Waals surface area contributed by atoms with Gasteiger partial charge in [-0.05, 0) is 35.4 Å². The minimum atomic E-state index is -0.410. The lowest BCUT2D eigenvalue weighted by Gasteiger charge is -2.05. The Morgan fingerprint density at radius 1 is 0.619 bits per heavy atom. The molecule has 0 aliphatic carbocycles. The molecule has 3 nitrogen and oxygen atoms in total. The van der Waals surface area contributed by atoms with Gasteiger partial charge < -0.3 is 0 Å². The molecule has 3 rings (SSSR count). The Bertz CT molecular complexity index is 696. The average molecular weight is 318 g/mol. The van der Waals surface area contributed by atoms with E-state index in [9.17, 15) is 9.59 Å². The van der Waals surface area contributed by atoms with Crippen LogP contribution in [0.3, 0.4) is 0 Å². The Hall–Kier alpha value is -2.10. The number of rotatable bonds is 2. The van der Waals surface area contributed by atoms with E-state index in [-0.39, 0.29) is 0 Å². The highest BCUT2D eigenvalue weighted by atomic mass is 35.5. The quantitative estimate of drug-likeness (QED) is 0.861. The molecule has 1 aliphatic rings. The lowest BCUT2D eigenvalue weighted by Crippen LogP contribution is -2.22. The zero-order valence-electron chi connectivity index (χ0n) is 10.7. The summed E-state index contributed by atoms with van der Waals surface area (Å²) >= 11 is 11.7. The van der Waals surface area contributed by atoms with Crippen LogP contribution in [0, 0.1) is 0 Å². The summed E-state index contributed by atoms with van der Waals surface area (Å²) in [6.07, 6.45) is 0. The third-order valence-electron chi connectivity index (χ3n) is 3.20. The Labute approximate surface area is 131 Å². The minimum Gasteiger partial charge on any atom is -0.288 e. The van der Waals surface area contributed by atoms with Gasteiger partial charge in [0.1, 0.15) is 0 Å². The largest absolute Gasteiger partial charge is 0.288 e. The number of hydrogen-bond acceptors (Lipinski definition) is 2. The van der Waals surface area contributed by atoms with Crippen LogP contribution in [0.5, 0.6) is 0 Å². The summed E-state index contributed by atoms with van der Waals surface area (Å²) in [4.78, 5) is 24.1. The zero-order chi connectivity index (χ0) is 15.0. The second kappa shape index (κ2) is 5.35. The number of carbonyl (C=O) groups is 2. The molecule has 1 heterocycles. The van der Waals surface area contributed by atoms with Crippen molar-refractivity contribution in [2.75, 3.05) is 0 Å². The van der Waals surface area contributed by atoms with Crippen molar-refractivity contribution in [1.29, 1.82) is 0 Å². The molecule has 0 bridgehead atoms. The first-order valence-corrected chi connectivity index (χ1v) is 6.93. The lowest BCUT2D eigenvalue weighted by molar-refractivity contribution is -0.122. The van der Waals surface area contributed by atoms with Crippen LogP contribution in [0.4, 0.5) is 0 Å². The number of amides is 2. The van der Waals surface area contributed by atoms with E-state index in [1.807, 2.05) is 0 Å². The third kappa shape index (κ3) is 2.58. The summed E-state index contributed by atoms with van der Waals surface area (Å²) in [6.45, 7) is 0. The Morgan fingerprint density at radius 3 is 1.29 bits per heavy atom. The second-order valence-electron chi connectivity index (χ2n) is 4.55. The van der Waals surface area contributed by atoms with E-state index >= 15 is 0 Å². The van der Waals surface area contributed by atoms with Crippen LogP contribution in [0.25, 0.3) is 11.1 Å². The predicted molar refractivity (Wildman–Crippen MR) is 82.9 cm³/mol. The van der Waals surface area contributed by atoms with Gasteiger partial charge in [0, 0.05) is 10.0 Å². The van der Waals surface area contributed by atoms with Crippen molar-refractivity contribution in [3.05, 3.63) is 69.7 Å². The van der Waals surface area contributed by atoms with Crippen molar-refractivity contribution >= 4 is 46.2 Å². The van der Waals surface area contributed by atoms with E-state index in [0.717, 1.165) is 0 Å². The topological polar surface area (TPSA) is 46.2 Å². The van der Waals surface area contributed by atoms with Crippen molar-refractivity contribution in [3.8, 4) is 0 Å². The molecule has 0 aromatic heterocycles. The van der Waals surface area contributed by atoms with Gasteiger partial charge in [-0.2, -0.15) is 0 Å². The van der Waals surface area contributed by atoms with E-state index < -0.39 is 11.8 Å². The minimum absolute atomic E-state index is 0.346. The van der Waals surface area contributed by atoms with Gasteiger partial charge in [0.2, 0.25) is 0 Å². The zero-order valence-corrected chi connectivity index (χ0v) is 12.2. The molecule has 0 spiro atoms. The molecular weight excluding hydrogens is 309 g/mol. The Balaban J connectivity index is 2.19. The molecule has 2 amide bonds. The predicted octanol–water partition coefficient (Wildman–Crippen LogP) is 3.56. The van der Waals surface area contributed by atoms with Gasteiger partial charge in [0.05, 0.1) is 11.1 Å². The van der Waals surface area contributed by atoms with Crippen molar-refractivity contribution < 1.29 is 9.59 Å². The van der Waals surface area contributed by atoms with Gasteiger partial charge in [0.25, 0.3) is 11.8 Å². The maximum absolute atomic E-state index is 12.1. The van der Waals surface area contributed by atoms with Crippen LogP contribution < -0.4 is 5.32 Å². The van der Waals surface area contributed by atoms with E-state index in [1.54, 1.807) is 48.5 Å². The summed E-state index contributed by atoms with van der Waals surface area (Å²) in [7, 11) is 0. The normalized spacial score (nSPS) is 14.6. The highest BCUT2D eigenvalue weighted by Crippen LogP contribution is 2.32. The second-order valence-corrected chi connectivity index (χ2v) is 5.42. The first-order chi connectivity index (χ1) is 10.1. The molecule has 5 heteroatoms. The van der Waals surface area contributed by atoms with Crippen LogP contribution >= 0.6 is 23.2 Å². The maximum Gasteiger partial charge on any atom is 0.259 e. The average Bonchev–Trinajstić information content (AvgIpc) is 2.75. The molecule has 0 saturated heterocycles. The fraction of sp³-hybridized carbons (Fsp3) is 0. The van der Waals surface area contributed by atoms with E-state index in [4.69, 9.17) is 23.2 Å². The molecule has 2 aromatic carbocycles. The lowest BCUT2D eigenvalue weighted by atomic mass is 9.96. The van der Waals surface area contributed by atoms with E-state index in [0.29, 0.717) is 32.3 Å². The maximum atomic E-state index is 12.1. The van der Waals surface area contributed by atoms with Gasteiger partial charge in [-0.25, -0.2) is 0 Å². The molecule has 104 valence electrons. The van der Waals surface area contributed by atoms with Crippen LogP contribution in [-0.2, 0) is 9.59 Å². The molecule has 1 aliphatic heterocycles. The molecule has 1 N–H and O–H groups in total. The van der Waals surface area contributed by atoms with Crippen molar-refractivity contribution in [2.24, 2.45) is 0 Å². The first kappa shape index (κ1) is 13.9. The van der Waals surface area contributed by atoms with Gasteiger partial charge in [0.15, 0.2) is 0 Å². The van der Waals surface area contributed by atoms with Crippen LogP contribution in [0.2, 0.25) is 10.0 Å². The summed E-state index contributed by atoms with van der Waals surface area (Å²) in [5, 5.41) is 3.46. The summed E-state index contributed by atoms with van der Waals surface area (Å²) in [6, 6.07) is 13.6. The number of nitrogens with one attached hydrogen (secondary N) is 1. The van der Waals surface area contributed by atoms with E-state index in [1.165, 1.54) is 0 Å². The highest BCUT2D eigenvalue weighted by molar-refractivity contribution is 6.49. The van der Waals surface area contributed by atoms with Crippen LogP contribution in [0.15, 0.2) is 48.5 Å². The molecule has 0 unspecified atom stereocenters. The Morgan fingerprint density at radius 2 is 0.952 bits per heavy atom. The van der Waals surface area contributed by atoms with Gasteiger partial charge in [-0.3, -0.25) is 14.9 Å². The Kier molecular flexibility index (Phi) is 3.53. The fourth-order valence-electron chi connectivity index (χ4n) is 2.24. The highest BCUT2D eigenvalue weighted by Gasteiger charge is 2.31. The third-order valence-corrected chi connectivity index (χ3v) is 3.70. The monoisotopic (exact) mass is 317 g/mol. The number of carbonyl (C=O) groups excluding carboxylic acids is 2. The van der Waals surface area contributed by atoms with Gasteiger partial charge >= 0.3 is 0 Å². The molecule has 0 fully saturated rings. The van der Waals surface area contributed by atoms with Crippen molar-refractivity contribution in [1.82, 2.24) is 5.32 Å². The standard InChI is InChI=1S/C16H9Cl2NO2/c17-11-5-1-9(2-6-11)13-14(16(21)19-15(13)20)10-3-7-12(18)8-4-10/h1-8H,(H,19,20,21). The smallest absolute Gasteiger partial charge is 0.259 e. The van der Waals surface area contributed by atoms with Crippen molar-refractivity contribution in [2.45, 2.75) is 0 Å². The SMILES string of the molecule is O=C1NC(=O)C(c2ccc(Cl)cc2)=C1c1ccc(Cl)cc1. The van der Waals surface area contributed by atoms with Crippen molar-refractivity contribution in [3.63, 3.8) is 0 Å². The van der Waals surface area contributed by atoms with Gasteiger partial charge in [-0.15, -0.1) is 0 Å². The van der Waals surface area contributed by atoms with Gasteiger partial charge in [-0.1, -0.05) is 47.5 Å². The number of halogens is 2.